The van der Waals surface area contributed by atoms with Gasteiger partial charge in [0.1, 0.15) is 11.2 Å². The summed E-state index contributed by atoms with van der Waals surface area (Å²) in [5, 5.41) is 9.95. The molecule has 0 atom stereocenters. The fourth-order valence-corrected chi connectivity index (χ4v) is 8.46. The van der Waals surface area contributed by atoms with Gasteiger partial charge in [-0.3, -0.25) is 0 Å². The molecule has 0 amide bonds. The standard InChI is InChI=1S/C54H35NO/c1-2-9-36(10-3-1)37-21-28-44(29-22-37)55(46-32-25-40(26-33-46)49-14-8-15-51-50-13-6-7-16-52(50)56-54(49)51)45-30-23-38(24-31-45)42-27-34-48-43(35-42)20-19-41-18-17-39-11-4-5-12-47(39)53(41)48/h1-35H. The van der Waals surface area contributed by atoms with Crippen molar-refractivity contribution in [3.63, 3.8) is 0 Å². The van der Waals surface area contributed by atoms with Crippen LogP contribution < -0.4 is 4.90 Å². The van der Waals surface area contributed by atoms with E-state index in [-0.39, 0.29) is 0 Å². The summed E-state index contributed by atoms with van der Waals surface area (Å²) in [5.41, 5.74) is 12.1. The Morgan fingerprint density at radius 1 is 0.304 bits per heavy atom. The number of para-hydroxylation sites is 2. The average molecular weight is 714 g/mol. The minimum atomic E-state index is 0.908. The highest BCUT2D eigenvalue weighted by molar-refractivity contribution is 6.20. The molecule has 56 heavy (non-hydrogen) atoms. The van der Waals surface area contributed by atoms with Crippen molar-refractivity contribution in [1.82, 2.24) is 0 Å². The number of nitrogens with zero attached hydrogens (tertiary/aromatic N) is 1. The van der Waals surface area contributed by atoms with Crippen molar-refractivity contribution < 1.29 is 4.42 Å². The Labute approximate surface area is 325 Å². The molecule has 10 aromatic carbocycles. The number of benzene rings is 10. The van der Waals surface area contributed by atoms with Gasteiger partial charge >= 0.3 is 0 Å². The lowest BCUT2D eigenvalue weighted by Gasteiger charge is -2.26. The maximum absolute atomic E-state index is 6.40. The van der Waals surface area contributed by atoms with E-state index in [4.69, 9.17) is 4.42 Å². The van der Waals surface area contributed by atoms with Crippen LogP contribution >= 0.6 is 0 Å². The maximum Gasteiger partial charge on any atom is 0.143 e. The summed E-state index contributed by atoms with van der Waals surface area (Å²) in [6.07, 6.45) is 0. The third-order valence-corrected chi connectivity index (χ3v) is 11.3. The number of anilines is 3. The van der Waals surface area contributed by atoms with Gasteiger partial charge in [0.05, 0.1) is 0 Å². The van der Waals surface area contributed by atoms with Crippen LogP contribution in [-0.2, 0) is 0 Å². The first-order chi connectivity index (χ1) is 27.7. The number of hydrogen-bond acceptors (Lipinski definition) is 2. The molecule has 0 aliphatic carbocycles. The first-order valence-corrected chi connectivity index (χ1v) is 19.2. The van der Waals surface area contributed by atoms with Crippen molar-refractivity contribution in [2.75, 3.05) is 4.90 Å². The first kappa shape index (κ1) is 32.0. The first-order valence-electron chi connectivity index (χ1n) is 19.2. The molecule has 0 N–H and O–H groups in total. The van der Waals surface area contributed by atoms with E-state index in [1.165, 1.54) is 54.6 Å². The number of hydrogen-bond donors (Lipinski definition) is 0. The highest BCUT2D eigenvalue weighted by Crippen LogP contribution is 2.41. The average Bonchev–Trinajstić information content (AvgIpc) is 3.66. The third-order valence-electron chi connectivity index (χ3n) is 11.3. The van der Waals surface area contributed by atoms with E-state index >= 15 is 0 Å². The topological polar surface area (TPSA) is 16.4 Å². The monoisotopic (exact) mass is 713 g/mol. The lowest BCUT2D eigenvalue weighted by atomic mass is 9.94. The van der Waals surface area contributed by atoms with Crippen molar-refractivity contribution in [2.24, 2.45) is 0 Å². The summed E-state index contributed by atoms with van der Waals surface area (Å²) in [6, 6.07) is 76.4. The summed E-state index contributed by atoms with van der Waals surface area (Å²) < 4.78 is 6.40. The van der Waals surface area contributed by atoms with Crippen molar-refractivity contribution in [2.45, 2.75) is 0 Å². The molecule has 11 aromatic rings. The molecule has 0 aliphatic heterocycles. The maximum atomic E-state index is 6.40. The Bertz CT molecular complexity index is 3210. The van der Waals surface area contributed by atoms with E-state index in [1.807, 2.05) is 12.1 Å². The van der Waals surface area contributed by atoms with Crippen LogP contribution in [0, 0.1) is 0 Å². The van der Waals surface area contributed by atoms with Crippen molar-refractivity contribution in [3.8, 4) is 33.4 Å². The smallest absolute Gasteiger partial charge is 0.143 e. The number of furan rings is 1. The van der Waals surface area contributed by atoms with Gasteiger partial charge in [0.2, 0.25) is 0 Å². The normalized spacial score (nSPS) is 11.6. The SMILES string of the molecule is c1ccc(-c2ccc(N(c3ccc(-c4ccc5c(ccc6ccc7ccccc7c65)c4)cc3)c3ccc(-c4cccc5c4oc4ccccc45)cc3)cc2)cc1. The molecular weight excluding hydrogens is 679 g/mol. The van der Waals surface area contributed by atoms with Gasteiger partial charge in [0.15, 0.2) is 0 Å². The molecule has 2 nitrogen and oxygen atoms in total. The molecule has 0 saturated heterocycles. The quantitative estimate of drug-likeness (QED) is 0.160. The van der Waals surface area contributed by atoms with Gasteiger partial charge in [-0.05, 0) is 109 Å². The molecule has 0 spiro atoms. The van der Waals surface area contributed by atoms with Crippen LogP contribution in [0.2, 0.25) is 0 Å². The third kappa shape index (κ3) is 5.42. The molecule has 11 rings (SSSR count). The Morgan fingerprint density at radius 3 is 1.55 bits per heavy atom. The molecular formula is C54H35NO. The largest absolute Gasteiger partial charge is 0.455 e. The minimum absolute atomic E-state index is 0.908. The summed E-state index contributed by atoms with van der Waals surface area (Å²) in [7, 11) is 0. The predicted octanol–water partition coefficient (Wildman–Crippen LogP) is 15.5. The van der Waals surface area contributed by atoms with Gasteiger partial charge in [0.25, 0.3) is 0 Å². The number of rotatable bonds is 6. The molecule has 0 aliphatic rings. The summed E-state index contributed by atoms with van der Waals surface area (Å²) in [4.78, 5) is 2.34. The van der Waals surface area contributed by atoms with Crippen molar-refractivity contribution >= 4 is 71.3 Å². The van der Waals surface area contributed by atoms with Crippen molar-refractivity contribution in [1.29, 1.82) is 0 Å². The van der Waals surface area contributed by atoms with Crippen LogP contribution in [0.1, 0.15) is 0 Å². The van der Waals surface area contributed by atoms with E-state index in [1.54, 1.807) is 0 Å². The molecule has 0 saturated carbocycles. The fraction of sp³-hybridized carbons (Fsp3) is 0. The van der Waals surface area contributed by atoms with Crippen LogP contribution in [0.3, 0.4) is 0 Å². The van der Waals surface area contributed by atoms with Gasteiger partial charge in [-0.1, -0.05) is 164 Å². The molecule has 1 heterocycles. The molecule has 0 bridgehead atoms. The minimum Gasteiger partial charge on any atom is -0.455 e. The lowest BCUT2D eigenvalue weighted by Crippen LogP contribution is -2.09. The highest BCUT2D eigenvalue weighted by atomic mass is 16.3. The van der Waals surface area contributed by atoms with Crippen LogP contribution in [0.4, 0.5) is 17.1 Å². The highest BCUT2D eigenvalue weighted by Gasteiger charge is 2.16. The van der Waals surface area contributed by atoms with E-state index in [0.29, 0.717) is 0 Å². The van der Waals surface area contributed by atoms with Crippen LogP contribution in [0.15, 0.2) is 217 Å². The Morgan fingerprint density at radius 2 is 0.821 bits per heavy atom. The van der Waals surface area contributed by atoms with Gasteiger partial charge in [0, 0.05) is 33.4 Å². The van der Waals surface area contributed by atoms with Gasteiger partial charge in [-0.15, -0.1) is 0 Å². The van der Waals surface area contributed by atoms with E-state index in [9.17, 15) is 0 Å². The predicted molar refractivity (Wildman–Crippen MR) is 237 cm³/mol. The Hall–Kier alpha value is -7.42. The van der Waals surface area contributed by atoms with E-state index < -0.39 is 0 Å². The second-order valence-corrected chi connectivity index (χ2v) is 14.5. The number of fused-ring (bicyclic) bond motifs is 8. The van der Waals surface area contributed by atoms with Crippen LogP contribution in [0.25, 0.3) is 87.6 Å². The van der Waals surface area contributed by atoms with E-state index in [2.05, 4.69) is 205 Å². The molecule has 0 radical (unpaired) electrons. The fourth-order valence-electron chi connectivity index (χ4n) is 8.46. The Balaban J connectivity index is 0.976. The van der Waals surface area contributed by atoms with Gasteiger partial charge < -0.3 is 9.32 Å². The molecule has 0 unspecified atom stereocenters. The van der Waals surface area contributed by atoms with Gasteiger partial charge in [-0.25, -0.2) is 0 Å². The second-order valence-electron chi connectivity index (χ2n) is 14.5. The zero-order valence-electron chi connectivity index (χ0n) is 30.6. The second kappa shape index (κ2) is 13.2. The van der Waals surface area contributed by atoms with Crippen molar-refractivity contribution in [3.05, 3.63) is 212 Å². The van der Waals surface area contributed by atoms with Gasteiger partial charge in [-0.2, -0.15) is 0 Å². The molecule has 1 aromatic heterocycles. The Kier molecular flexibility index (Phi) is 7.53. The zero-order valence-corrected chi connectivity index (χ0v) is 30.6. The molecule has 0 fully saturated rings. The summed E-state index contributed by atoms with van der Waals surface area (Å²) >= 11 is 0. The summed E-state index contributed by atoms with van der Waals surface area (Å²) in [6.45, 7) is 0. The zero-order chi connectivity index (χ0) is 37.0. The lowest BCUT2D eigenvalue weighted by molar-refractivity contribution is 0.670. The van der Waals surface area contributed by atoms with E-state index in [0.717, 1.165) is 50.1 Å². The summed E-state index contributed by atoms with van der Waals surface area (Å²) in [5.74, 6) is 0. The van der Waals surface area contributed by atoms with Crippen LogP contribution in [0.5, 0.6) is 0 Å². The molecule has 262 valence electrons. The molecule has 2 heteroatoms. The van der Waals surface area contributed by atoms with Crippen LogP contribution in [-0.4, -0.2) is 0 Å².